The highest BCUT2D eigenvalue weighted by Gasteiger charge is 2.62. The van der Waals surface area contributed by atoms with E-state index in [1.165, 1.54) is 4.90 Å². The Morgan fingerprint density at radius 3 is 2.26 bits per heavy atom. The predicted octanol–water partition coefficient (Wildman–Crippen LogP) is 3.85. The van der Waals surface area contributed by atoms with E-state index in [2.05, 4.69) is 0 Å². The van der Waals surface area contributed by atoms with Crippen molar-refractivity contribution in [2.45, 2.75) is 45.6 Å². The van der Waals surface area contributed by atoms with Crippen molar-refractivity contribution in [3.63, 3.8) is 0 Å². The standard InChI is InChI=1S/C26H27NO4/c1-15-7-6-10-21(16(15)2)31-26(30)20(13-17-8-4-3-5-9-17)27-24(28)22-18-11-12-19(14-18)23(22)25(27)29/h3-10,18-20,22-23H,11-14H2,1-2H3/t18-,19-,20-,22-,23-/m0/s1. The average molecular weight is 418 g/mol. The SMILES string of the molecule is Cc1cccc(OC(=O)[C@H](Cc2ccccc2)N2C(=O)[C@H]3[C@H]4CC[C@@H](C4)[C@@H]3C2=O)c1C. The van der Waals surface area contributed by atoms with Crippen molar-refractivity contribution >= 4 is 17.8 Å². The van der Waals surface area contributed by atoms with Gasteiger partial charge in [0, 0.05) is 6.42 Å². The Morgan fingerprint density at radius 1 is 0.968 bits per heavy atom. The second kappa shape index (κ2) is 7.63. The molecule has 3 aliphatic rings. The molecule has 31 heavy (non-hydrogen) atoms. The van der Waals surface area contributed by atoms with Crippen molar-refractivity contribution in [1.82, 2.24) is 4.90 Å². The molecule has 0 unspecified atom stereocenters. The lowest BCUT2D eigenvalue weighted by molar-refractivity contribution is -0.154. The van der Waals surface area contributed by atoms with Crippen molar-refractivity contribution in [3.05, 3.63) is 65.2 Å². The zero-order valence-corrected chi connectivity index (χ0v) is 17.9. The van der Waals surface area contributed by atoms with Crippen molar-refractivity contribution in [2.24, 2.45) is 23.7 Å². The molecule has 0 aromatic heterocycles. The first-order valence-corrected chi connectivity index (χ1v) is 11.1. The molecular weight excluding hydrogens is 390 g/mol. The van der Waals surface area contributed by atoms with Gasteiger partial charge in [-0.2, -0.15) is 0 Å². The molecule has 2 bridgehead atoms. The molecule has 3 fully saturated rings. The first kappa shape index (κ1) is 20.0. The van der Waals surface area contributed by atoms with Gasteiger partial charge in [0.15, 0.2) is 0 Å². The first-order valence-electron chi connectivity index (χ1n) is 11.1. The Morgan fingerprint density at radius 2 is 1.61 bits per heavy atom. The van der Waals surface area contributed by atoms with Crippen molar-refractivity contribution in [1.29, 1.82) is 0 Å². The van der Waals surface area contributed by atoms with Crippen LogP contribution >= 0.6 is 0 Å². The predicted molar refractivity (Wildman–Crippen MR) is 115 cm³/mol. The molecule has 1 saturated heterocycles. The highest BCUT2D eigenvalue weighted by Crippen LogP contribution is 2.56. The maximum absolute atomic E-state index is 13.4. The number of fused-ring (bicyclic) bond motifs is 5. The number of carbonyl (C=O) groups is 3. The molecule has 2 aromatic rings. The molecule has 5 heteroatoms. The number of likely N-dealkylation sites (tertiary alicyclic amines) is 1. The molecule has 0 N–H and O–H groups in total. The summed E-state index contributed by atoms with van der Waals surface area (Å²) in [5, 5.41) is 0. The summed E-state index contributed by atoms with van der Waals surface area (Å²) in [7, 11) is 0. The maximum atomic E-state index is 13.4. The second-order valence-electron chi connectivity index (χ2n) is 9.26. The summed E-state index contributed by atoms with van der Waals surface area (Å²) < 4.78 is 5.78. The third kappa shape index (κ3) is 3.27. The first-order chi connectivity index (χ1) is 15.0. The minimum Gasteiger partial charge on any atom is -0.425 e. The lowest BCUT2D eigenvalue weighted by Gasteiger charge is -2.26. The number of esters is 1. The number of imide groups is 1. The van der Waals surface area contributed by atoms with E-state index >= 15 is 0 Å². The summed E-state index contributed by atoms with van der Waals surface area (Å²) in [5.74, 6) is -0.375. The molecule has 5 rings (SSSR count). The fraction of sp³-hybridized carbons (Fsp3) is 0.423. The van der Waals surface area contributed by atoms with Gasteiger partial charge in [-0.3, -0.25) is 14.5 Å². The van der Waals surface area contributed by atoms with Gasteiger partial charge in [0.05, 0.1) is 11.8 Å². The second-order valence-corrected chi connectivity index (χ2v) is 9.26. The molecule has 1 aliphatic heterocycles. The van der Waals surface area contributed by atoms with Gasteiger partial charge < -0.3 is 4.74 Å². The molecule has 1 heterocycles. The van der Waals surface area contributed by atoms with Crippen molar-refractivity contribution < 1.29 is 19.1 Å². The van der Waals surface area contributed by atoms with E-state index < -0.39 is 12.0 Å². The molecule has 2 saturated carbocycles. The van der Waals surface area contributed by atoms with Crippen LogP contribution < -0.4 is 4.74 Å². The van der Waals surface area contributed by atoms with E-state index in [0.717, 1.165) is 36.0 Å². The highest BCUT2D eigenvalue weighted by atomic mass is 16.5. The third-order valence-corrected chi connectivity index (χ3v) is 7.58. The molecule has 5 nitrogen and oxygen atoms in total. The highest BCUT2D eigenvalue weighted by molar-refractivity contribution is 6.08. The van der Waals surface area contributed by atoms with E-state index in [0.29, 0.717) is 5.75 Å². The zero-order valence-electron chi connectivity index (χ0n) is 17.9. The molecule has 0 radical (unpaired) electrons. The van der Waals surface area contributed by atoms with Crippen molar-refractivity contribution in [3.8, 4) is 5.75 Å². The number of ether oxygens (including phenoxy) is 1. The van der Waals surface area contributed by atoms with Gasteiger partial charge >= 0.3 is 5.97 Å². The van der Waals surface area contributed by atoms with Crippen LogP contribution in [0.4, 0.5) is 0 Å². The lowest BCUT2D eigenvalue weighted by Crippen LogP contribution is -2.49. The van der Waals surface area contributed by atoms with E-state index in [4.69, 9.17) is 4.74 Å². The Labute approximate surface area is 182 Å². The number of hydrogen-bond acceptors (Lipinski definition) is 4. The summed E-state index contributed by atoms with van der Waals surface area (Å²) in [6, 6.07) is 14.1. The molecule has 2 aromatic carbocycles. The van der Waals surface area contributed by atoms with Gasteiger partial charge in [-0.25, -0.2) is 4.79 Å². The number of hydrogen-bond donors (Lipinski definition) is 0. The summed E-state index contributed by atoms with van der Waals surface area (Å²) in [4.78, 5) is 41.4. The largest absolute Gasteiger partial charge is 0.425 e. The van der Waals surface area contributed by atoms with Crippen LogP contribution in [0.25, 0.3) is 0 Å². The van der Waals surface area contributed by atoms with Gasteiger partial charge in [0.25, 0.3) is 0 Å². The topological polar surface area (TPSA) is 63.7 Å². The van der Waals surface area contributed by atoms with Gasteiger partial charge in [0.2, 0.25) is 11.8 Å². The van der Waals surface area contributed by atoms with Crippen LogP contribution in [0.5, 0.6) is 5.75 Å². The van der Waals surface area contributed by atoms with Crippen LogP contribution in [0.3, 0.4) is 0 Å². The fourth-order valence-corrected chi connectivity index (χ4v) is 5.87. The monoisotopic (exact) mass is 417 g/mol. The molecule has 5 atom stereocenters. The van der Waals surface area contributed by atoms with E-state index in [9.17, 15) is 14.4 Å². The summed E-state index contributed by atoms with van der Waals surface area (Å²) in [6.45, 7) is 3.86. The lowest BCUT2D eigenvalue weighted by atomic mass is 9.81. The molecule has 0 spiro atoms. The Hall–Kier alpha value is -2.95. The number of nitrogens with zero attached hydrogens (tertiary/aromatic N) is 1. The maximum Gasteiger partial charge on any atom is 0.335 e. The Kier molecular flexibility index (Phi) is 4.92. The fourth-order valence-electron chi connectivity index (χ4n) is 5.87. The van der Waals surface area contributed by atoms with Crippen LogP contribution in [0.1, 0.15) is 36.0 Å². The number of rotatable bonds is 5. The quantitative estimate of drug-likeness (QED) is 0.421. The number of amides is 2. The number of aryl methyl sites for hydroxylation is 1. The number of benzene rings is 2. The summed E-state index contributed by atoms with van der Waals surface area (Å²) in [5.41, 5.74) is 2.79. The van der Waals surface area contributed by atoms with E-state index in [1.54, 1.807) is 6.07 Å². The average Bonchev–Trinajstić information content (AvgIpc) is 3.45. The summed E-state index contributed by atoms with van der Waals surface area (Å²) in [6.07, 6.45) is 3.25. The van der Waals surface area contributed by atoms with E-state index in [-0.39, 0.29) is 41.9 Å². The van der Waals surface area contributed by atoms with Crippen LogP contribution in [0.2, 0.25) is 0 Å². The van der Waals surface area contributed by atoms with Crippen LogP contribution in [0, 0.1) is 37.5 Å². The van der Waals surface area contributed by atoms with Gasteiger partial charge in [-0.1, -0.05) is 42.5 Å². The number of carbonyl (C=O) groups excluding carboxylic acids is 3. The van der Waals surface area contributed by atoms with Crippen molar-refractivity contribution in [2.75, 3.05) is 0 Å². The molecule has 2 amide bonds. The smallest absolute Gasteiger partial charge is 0.335 e. The van der Waals surface area contributed by atoms with Gasteiger partial charge in [0.1, 0.15) is 11.8 Å². The van der Waals surface area contributed by atoms with Crippen LogP contribution in [-0.2, 0) is 20.8 Å². The normalized spacial score (nSPS) is 27.5. The van der Waals surface area contributed by atoms with Gasteiger partial charge in [-0.05, 0) is 67.7 Å². The minimum atomic E-state index is -0.952. The molecular formula is C26H27NO4. The van der Waals surface area contributed by atoms with Crippen LogP contribution in [0.15, 0.2) is 48.5 Å². The third-order valence-electron chi connectivity index (χ3n) is 7.58. The van der Waals surface area contributed by atoms with Gasteiger partial charge in [-0.15, -0.1) is 0 Å². The van der Waals surface area contributed by atoms with Crippen LogP contribution in [-0.4, -0.2) is 28.7 Å². The zero-order chi connectivity index (χ0) is 21.7. The Balaban J connectivity index is 1.47. The van der Waals surface area contributed by atoms with E-state index in [1.807, 2.05) is 56.3 Å². The summed E-state index contributed by atoms with van der Waals surface area (Å²) >= 11 is 0. The molecule has 2 aliphatic carbocycles. The minimum absolute atomic E-state index is 0.180. The molecule has 160 valence electrons. The Bertz CT molecular complexity index is 1020.